The van der Waals surface area contributed by atoms with Gasteiger partial charge in [-0.25, -0.2) is 0 Å². The first-order valence-electron chi connectivity index (χ1n) is 5.97. The molecule has 3 heteroatoms. The van der Waals surface area contributed by atoms with Gasteiger partial charge in [-0.3, -0.25) is 4.90 Å². The molecule has 1 aromatic carbocycles. The Kier molecular flexibility index (Phi) is 3.19. The van der Waals surface area contributed by atoms with E-state index in [1.54, 1.807) is 0 Å². The summed E-state index contributed by atoms with van der Waals surface area (Å²) in [5, 5.41) is 19.0. The molecule has 1 aliphatic rings. The number of β-amino-alcohol motifs (C(OH)–C–C–N with tert-alkyl or cyclic N) is 1. The van der Waals surface area contributed by atoms with Gasteiger partial charge in [-0.2, -0.15) is 5.26 Å². The zero-order valence-corrected chi connectivity index (χ0v) is 10.3. The Labute approximate surface area is 102 Å². The summed E-state index contributed by atoms with van der Waals surface area (Å²) in [5.41, 5.74) is 1.31. The van der Waals surface area contributed by atoms with Gasteiger partial charge in [0.1, 0.15) is 0 Å². The third-order valence-electron chi connectivity index (χ3n) is 3.53. The van der Waals surface area contributed by atoms with Crippen LogP contribution in [0.4, 0.5) is 0 Å². The second-order valence-corrected chi connectivity index (χ2v) is 5.22. The second-order valence-electron chi connectivity index (χ2n) is 5.22. The van der Waals surface area contributed by atoms with Crippen molar-refractivity contribution in [2.45, 2.75) is 26.0 Å². The third-order valence-corrected chi connectivity index (χ3v) is 3.53. The number of likely N-dealkylation sites (tertiary alicyclic amines) is 1. The lowest BCUT2D eigenvalue weighted by atomic mass is 9.83. The van der Waals surface area contributed by atoms with Crippen LogP contribution in [-0.2, 0) is 6.54 Å². The fraction of sp³-hybridized carbons (Fsp3) is 0.500. The van der Waals surface area contributed by atoms with Gasteiger partial charge in [-0.1, -0.05) is 26.0 Å². The first kappa shape index (κ1) is 12.1. The van der Waals surface area contributed by atoms with E-state index in [1.807, 2.05) is 38.1 Å². The summed E-state index contributed by atoms with van der Waals surface area (Å²) >= 11 is 0. The number of nitrogens with zero attached hydrogens (tertiary/aromatic N) is 2. The molecule has 1 N–H and O–H groups in total. The molecule has 2 rings (SSSR count). The van der Waals surface area contributed by atoms with Gasteiger partial charge >= 0.3 is 0 Å². The van der Waals surface area contributed by atoms with Gasteiger partial charge in [0.15, 0.2) is 0 Å². The molecular formula is C14H18N2O. The maximum Gasteiger partial charge on any atom is 0.0991 e. The minimum absolute atomic E-state index is 0.296. The normalized spacial score (nSPS) is 18.8. The zero-order chi connectivity index (χ0) is 12.5. The lowest BCUT2D eigenvalue weighted by Gasteiger charge is -2.49. The Hall–Kier alpha value is -1.37. The van der Waals surface area contributed by atoms with Crippen LogP contribution in [-0.4, -0.2) is 28.7 Å². The van der Waals surface area contributed by atoms with Gasteiger partial charge < -0.3 is 5.11 Å². The molecule has 0 atom stereocenters. The first-order chi connectivity index (χ1) is 8.03. The van der Waals surface area contributed by atoms with Crippen molar-refractivity contribution in [3.05, 3.63) is 35.4 Å². The van der Waals surface area contributed by atoms with E-state index in [4.69, 9.17) is 5.26 Å². The topological polar surface area (TPSA) is 47.3 Å². The molecule has 90 valence electrons. The van der Waals surface area contributed by atoms with Crippen molar-refractivity contribution in [2.24, 2.45) is 5.92 Å². The molecule has 0 radical (unpaired) electrons. The van der Waals surface area contributed by atoms with Crippen molar-refractivity contribution >= 4 is 0 Å². The Morgan fingerprint density at radius 2 is 2.18 bits per heavy atom. The van der Waals surface area contributed by atoms with Crippen LogP contribution in [0.5, 0.6) is 0 Å². The Morgan fingerprint density at radius 1 is 1.47 bits per heavy atom. The Morgan fingerprint density at radius 3 is 2.76 bits per heavy atom. The highest BCUT2D eigenvalue weighted by molar-refractivity contribution is 5.32. The van der Waals surface area contributed by atoms with Gasteiger partial charge in [0.25, 0.3) is 0 Å². The summed E-state index contributed by atoms with van der Waals surface area (Å²) in [5.74, 6) is 0.296. The minimum atomic E-state index is -0.521. The number of nitriles is 1. The van der Waals surface area contributed by atoms with E-state index in [0.29, 0.717) is 11.5 Å². The number of aliphatic hydroxyl groups is 1. The molecular weight excluding hydrogens is 212 g/mol. The molecule has 1 aliphatic heterocycles. The highest BCUT2D eigenvalue weighted by Crippen LogP contribution is 2.29. The Balaban J connectivity index is 1.94. The lowest BCUT2D eigenvalue weighted by Crippen LogP contribution is -2.63. The number of hydrogen-bond donors (Lipinski definition) is 1. The fourth-order valence-corrected chi connectivity index (χ4v) is 2.20. The lowest BCUT2D eigenvalue weighted by molar-refractivity contribution is -0.130. The van der Waals surface area contributed by atoms with E-state index in [9.17, 15) is 5.11 Å². The summed E-state index contributed by atoms with van der Waals surface area (Å²) < 4.78 is 0. The molecule has 1 aromatic rings. The van der Waals surface area contributed by atoms with Crippen molar-refractivity contribution in [1.29, 1.82) is 5.26 Å². The van der Waals surface area contributed by atoms with E-state index in [1.165, 1.54) is 0 Å². The zero-order valence-electron chi connectivity index (χ0n) is 10.3. The predicted molar refractivity (Wildman–Crippen MR) is 66.2 cm³/mol. The molecule has 17 heavy (non-hydrogen) atoms. The third kappa shape index (κ3) is 2.49. The molecule has 0 aromatic heterocycles. The van der Waals surface area contributed by atoms with Crippen LogP contribution in [0.25, 0.3) is 0 Å². The van der Waals surface area contributed by atoms with Crippen LogP contribution in [0.2, 0.25) is 0 Å². The number of rotatable bonds is 3. The molecule has 0 spiro atoms. The molecule has 1 fully saturated rings. The monoisotopic (exact) mass is 230 g/mol. The van der Waals surface area contributed by atoms with E-state index >= 15 is 0 Å². The maximum atomic E-state index is 10.1. The van der Waals surface area contributed by atoms with Crippen LogP contribution >= 0.6 is 0 Å². The van der Waals surface area contributed by atoms with E-state index in [2.05, 4.69) is 11.0 Å². The van der Waals surface area contributed by atoms with Crippen molar-refractivity contribution in [1.82, 2.24) is 4.90 Å². The number of benzene rings is 1. The Bertz CT molecular complexity index is 442. The van der Waals surface area contributed by atoms with Crippen molar-refractivity contribution in [3.8, 4) is 6.07 Å². The molecule has 1 saturated heterocycles. The first-order valence-corrected chi connectivity index (χ1v) is 5.97. The average molecular weight is 230 g/mol. The summed E-state index contributed by atoms with van der Waals surface area (Å²) in [4.78, 5) is 2.20. The van der Waals surface area contributed by atoms with Crippen LogP contribution in [0, 0.1) is 17.2 Å². The molecule has 1 heterocycles. The van der Waals surface area contributed by atoms with Gasteiger partial charge in [-0.15, -0.1) is 0 Å². The van der Waals surface area contributed by atoms with E-state index in [-0.39, 0.29) is 0 Å². The number of hydrogen-bond acceptors (Lipinski definition) is 3. The highest BCUT2D eigenvalue weighted by atomic mass is 16.3. The molecule has 0 aliphatic carbocycles. The largest absolute Gasteiger partial charge is 0.387 e. The quantitative estimate of drug-likeness (QED) is 0.860. The summed E-state index contributed by atoms with van der Waals surface area (Å²) in [7, 11) is 0. The van der Waals surface area contributed by atoms with Crippen LogP contribution in [0.3, 0.4) is 0 Å². The van der Waals surface area contributed by atoms with Crippen molar-refractivity contribution in [3.63, 3.8) is 0 Å². The van der Waals surface area contributed by atoms with Gasteiger partial charge in [0.05, 0.1) is 17.2 Å². The predicted octanol–water partition coefficient (Wildman–Crippen LogP) is 1.76. The average Bonchev–Trinajstić information content (AvgIpc) is 2.27. The van der Waals surface area contributed by atoms with E-state index < -0.39 is 5.60 Å². The van der Waals surface area contributed by atoms with Gasteiger partial charge in [0.2, 0.25) is 0 Å². The van der Waals surface area contributed by atoms with Crippen LogP contribution in [0.15, 0.2) is 24.3 Å². The highest BCUT2D eigenvalue weighted by Gasteiger charge is 2.43. The maximum absolute atomic E-state index is 10.1. The molecule has 0 saturated carbocycles. The van der Waals surface area contributed by atoms with Crippen molar-refractivity contribution < 1.29 is 5.11 Å². The second kappa shape index (κ2) is 4.48. The molecule has 0 unspecified atom stereocenters. The molecule has 0 bridgehead atoms. The fourth-order valence-electron chi connectivity index (χ4n) is 2.20. The van der Waals surface area contributed by atoms with Crippen LogP contribution < -0.4 is 0 Å². The molecule has 0 amide bonds. The van der Waals surface area contributed by atoms with Gasteiger partial charge in [-0.05, 0) is 23.6 Å². The van der Waals surface area contributed by atoms with E-state index in [0.717, 1.165) is 25.2 Å². The smallest absolute Gasteiger partial charge is 0.0991 e. The molecule has 3 nitrogen and oxygen atoms in total. The summed E-state index contributed by atoms with van der Waals surface area (Å²) in [6.07, 6.45) is 0. The van der Waals surface area contributed by atoms with Crippen molar-refractivity contribution in [2.75, 3.05) is 13.1 Å². The van der Waals surface area contributed by atoms with Crippen LogP contribution in [0.1, 0.15) is 25.0 Å². The summed E-state index contributed by atoms with van der Waals surface area (Å²) in [6, 6.07) is 9.79. The standard InChI is InChI=1S/C14H18N2O/c1-11(2)14(17)9-16(10-14)8-13-5-3-4-12(6-13)7-15/h3-6,11,17H,8-10H2,1-2H3. The van der Waals surface area contributed by atoms with Gasteiger partial charge in [0, 0.05) is 19.6 Å². The summed E-state index contributed by atoms with van der Waals surface area (Å²) in [6.45, 7) is 6.36. The SMILES string of the molecule is CC(C)C1(O)CN(Cc2cccc(C#N)c2)C1. The minimum Gasteiger partial charge on any atom is -0.387 e.